The fraction of sp³-hybridized carbons (Fsp3) is 0.480. The van der Waals surface area contributed by atoms with Crippen molar-refractivity contribution in [3.05, 3.63) is 51.4 Å². The summed E-state index contributed by atoms with van der Waals surface area (Å²) in [5.74, 6) is 0.963. The molecule has 0 unspecified atom stereocenters. The third-order valence-electron chi connectivity index (χ3n) is 6.83. The average molecular weight is 503 g/mol. The molecule has 0 aliphatic heterocycles. The first-order chi connectivity index (χ1) is 16.1. The average Bonchev–Trinajstić information content (AvgIpc) is 2.81. The highest BCUT2D eigenvalue weighted by Crippen LogP contribution is 2.34. The minimum atomic E-state index is -3.37. The van der Waals surface area contributed by atoms with Crippen molar-refractivity contribution in [1.82, 2.24) is 14.5 Å². The third kappa shape index (κ3) is 4.70. The molecule has 2 heterocycles. The Morgan fingerprint density at radius 1 is 1.18 bits per heavy atom. The van der Waals surface area contributed by atoms with Crippen LogP contribution in [0.3, 0.4) is 0 Å². The molecule has 1 aliphatic rings. The maximum atomic E-state index is 13.2. The lowest BCUT2D eigenvalue weighted by Crippen LogP contribution is -2.27. The molecule has 1 N–H and O–H groups in total. The first kappa shape index (κ1) is 24.7. The van der Waals surface area contributed by atoms with Gasteiger partial charge in [-0.3, -0.25) is 9.36 Å². The molecule has 0 amide bonds. The molecule has 7 nitrogen and oxygen atoms in total. The molecule has 0 saturated heterocycles. The Bertz CT molecular complexity index is 1380. The highest BCUT2D eigenvalue weighted by atomic mass is 35.5. The number of sulfone groups is 1. The number of pyridine rings is 1. The SMILES string of the molecule is CCC1CCC(S(=O)(=O)c2ccc(Nc3ncc4cc(Cl)c(=O)n(C(C)C)c4n3)c(C)c2)CC1. The van der Waals surface area contributed by atoms with E-state index >= 15 is 0 Å². The number of aromatic nitrogens is 3. The normalized spacial score (nSPS) is 19.0. The van der Waals surface area contributed by atoms with Gasteiger partial charge in [-0.15, -0.1) is 0 Å². The molecule has 1 aliphatic carbocycles. The zero-order chi connectivity index (χ0) is 24.6. The Hall–Kier alpha value is -2.45. The summed E-state index contributed by atoms with van der Waals surface area (Å²) in [6.45, 7) is 7.82. The summed E-state index contributed by atoms with van der Waals surface area (Å²) in [5, 5.41) is 3.66. The van der Waals surface area contributed by atoms with Gasteiger partial charge in [-0.05, 0) is 82.2 Å². The number of rotatable bonds is 6. The van der Waals surface area contributed by atoms with Crippen LogP contribution in [0.25, 0.3) is 11.0 Å². The van der Waals surface area contributed by atoms with Crippen LogP contribution in [0.15, 0.2) is 40.2 Å². The third-order valence-corrected chi connectivity index (χ3v) is 9.36. The van der Waals surface area contributed by atoms with E-state index in [1.54, 1.807) is 35.0 Å². The van der Waals surface area contributed by atoms with Crippen molar-refractivity contribution < 1.29 is 8.42 Å². The van der Waals surface area contributed by atoms with E-state index in [1.807, 2.05) is 20.8 Å². The van der Waals surface area contributed by atoms with E-state index in [0.717, 1.165) is 37.7 Å². The molecule has 4 rings (SSSR count). The van der Waals surface area contributed by atoms with Crippen LogP contribution in [0.4, 0.5) is 11.6 Å². The molecule has 0 atom stereocenters. The Balaban J connectivity index is 1.61. The van der Waals surface area contributed by atoms with E-state index in [4.69, 9.17) is 11.6 Å². The molecule has 3 aromatic rings. The van der Waals surface area contributed by atoms with Gasteiger partial charge in [-0.25, -0.2) is 13.4 Å². The fourth-order valence-corrected chi connectivity index (χ4v) is 6.83. The lowest BCUT2D eigenvalue weighted by atomic mass is 9.87. The van der Waals surface area contributed by atoms with Gasteiger partial charge in [0.25, 0.3) is 5.56 Å². The van der Waals surface area contributed by atoms with Crippen molar-refractivity contribution in [3.8, 4) is 0 Å². The van der Waals surface area contributed by atoms with Crippen LogP contribution in [0.1, 0.15) is 64.5 Å². The highest BCUT2D eigenvalue weighted by molar-refractivity contribution is 7.92. The molecular formula is C25H31ClN4O3S. The minimum Gasteiger partial charge on any atom is -0.324 e. The Morgan fingerprint density at radius 3 is 2.50 bits per heavy atom. The van der Waals surface area contributed by atoms with Crippen LogP contribution in [0.2, 0.25) is 5.02 Å². The van der Waals surface area contributed by atoms with Crippen molar-refractivity contribution in [3.63, 3.8) is 0 Å². The summed E-state index contributed by atoms with van der Waals surface area (Å²) in [5.41, 5.74) is 1.68. The van der Waals surface area contributed by atoms with Gasteiger partial charge in [0.2, 0.25) is 5.95 Å². The minimum absolute atomic E-state index is 0.126. The summed E-state index contributed by atoms with van der Waals surface area (Å²) in [6, 6.07) is 6.57. The lowest BCUT2D eigenvalue weighted by Gasteiger charge is -2.27. The molecule has 9 heteroatoms. The number of anilines is 2. The van der Waals surface area contributed by atoms with Gasteiger partial charge in [0, 0.05) is 23.3 Å². The van der Waals surface area contributed by atoms with Crippen molar-refractivity contribution in [2.45, 2.75) is 76.0 Å². The maximum Gasteiger partial charge on any atom is 0.271 e. The molecule has 182 valence electrons. The molecule has 1 saturated carbocycles. The van der Waals surface area contributed by atoms with E-state index in [0.29, 0.717) is 33.5 Å². The van der Waals surface area contributed by atoms with Crippen LogP contribution >= 0.6 is 11.6 Å². The molecule has 0 bridgehead atoms. The van der Waals surface area contributed by atoms with Crippen LogP contribution < -0.4 is 10.9 Å². The monoisotopic (exact) mass is 502 g/mol. The van der Waals surface area contributed by atoms with Crippen molar-refractivity contribution in [1.29, 1.82) is 0 Å². The van der Waals surface area contributed by atoms with Gasteiger partial charge in [0.15, 0.2) is 9.84 Å². The summed E-state index contributed by atoms with van der Waals surface area (Å²) < 4.78 is 28.0. The molecule has 1 fully saturated rings. The molecule has 34 heavy (non-hydrogen) atoms. The van der Waals surface area contributed by atoms with Crippen LogP contribution in [-0.4, -0.2) is 28.2 Å². The van der Waals surface area contributed by atoms with Gasteiger partial charge in [0.1, 0.15) is 10.7 Å². The predicted octanol–water partition coefficient (Wildman–Crippen LogP) is 5.82. The molecule has 1 aromatic carbocycles. The van der Waals surface area contributed by atoms with Gasteiger partial charge >= 0.3 is 0 Å². The summed E-state index contributed by atoms with van der Waals surface area (Å²) in [7, 11) is -3.37. The zero-order valence-corrected chi connectivity index (χ0v) is 21.6. The highest BCUT2D eigenvalue weighted by Gasteiger charge is 2.31. The first-order valence-electron chi connectivity index (χ1n) is 11.8. The molecular weight excluding hydrogens is 472 g/mol. The second kappa shape index (κ2) is 9.66. The number of hydrogen-bond acceptors (Lipinski definition) is 6. The maximum absolute atomic E-state index is 13.2. The van der Waals surface area contributed by atoms with Crippen molar-refractivity contribution in [2.24, 2.45) is 5.92 Å². The number of hydrogen-bond donors (Lipinski definition) is 1. The Labute approximate surface area is 205 Å². The number of benzene rings is 1. The number of aryl methyl sites for hydroxylation is 1. The van der Waals surface area contributed by atoms with E-state index in [1.165, 1.54) is 0 Å². The van der Waals surface area contributed by atoms with E-state index in [-0.39, 0.29) is 21.9 Å². The second-order valence-electron chi connectivity index (χ2n) is 9.43. The van der Waals surface area contributed by atoms with Crippen LogP contribution in [-0.2, 0) is 9.84 Å². The van der Waals surface area contributed by atoms with Gasteiger partial charge in [-0.1, -0.05) is 24.9 Å². The quantitative estimate of drug-likeness (QED) is 0.456. The number of fused-ring (bicyclic) bond motifs is 1. The van der Waals surface area contributed by atoms with Crippen molar-refractivity contribution in [2.75, 3.05) is 5.32 Å². The van der Waals surface area contributed by atoms with Crippen LogP contribution in [0, 0.1) is 12.8 Å². The number of halogens is 1. The Kier molecular flexibility index (Phi) is 7.01. The van der Waals surface area contributed by atoms with Gasteiger partial charge in [0.05, 0.1) is 10.1 Å². The molecule has 0 spiro atoms. The number of nitrogens with zero attached hydrogens (tertiary/aromatic N) is 3. The topological polar surface area (TPSA) is 94.0 Å². The van der Waals surface area contributed by atoms with Gasteiger partial charge in [-0.2, -0.15) is 4.98 Å². The molecule has 0 radical (unpaired) electrons. The summed E-state index contributed by atoms with van der Waals surface area (Å²) in [4.78, 5) is 21.8. The second-order valence-corrected chi connectivity index (χ2v) is 12.1. The number of nitrogens with one attached hydrogen (secondary N) is 1. The predicted molar refractivity (Wildman–Crippen MR) is 137 cm³/mol. The summed E-state index contributed by atoms with van der Waals surface area (Å²) in [6.07, 6.45) is 6.15. The van der Waals surface area contributed by atoms with E-state index in [9.17, 15) is 13.2 Å². The fourth-order valence-electron chi connectivity index (χ4n) is 4.74. The lowest BCUT2D eigenvalue weighted by molar-refractivity contribution is 0.348. The summed E-state index contributed by atoms with van der Waals surface area (Å²) >= 11 is 6.10. The zero-order valence-electron chi connectivity index (χ0n) is 20.0. The Morgan fingerprint density at radius 2 is 1.88 bits per heavy atom. The smallest absolute Gasteiger partial charge is 0.271 e. The molecule has 2 aromatic heterocycles. The standard InChI is InChI=1S/C25H31ClN4O3S/c1-5-17-6-8-19(9-7-17)34(32,33)20-10-11-22(16(4)12-20)28-25-27-14-18-13-21(26)24(31)30(15(2)3)23(18)29-25/h10-15,17,19H,5-9H2,1-4H3,(H,27,28,29). The van der Waals surface area contributed by atoms with E-state index < -0.39 is 9.84 Å². The van der Waals surface area contributed by atoms with Gasteiger partial charge < -0.3 is 5.32 Å². The van der Waals surface area contributed by atoms with Crippen LogP contribution in [0.5, 0.6) is 0 Å². The largest absolute Gasteiger partial charge is 0.324 e. The first-order valence-corrected chi connectivity index (χ1v) is 13.7. The van der Waals surface area contributed by atoms with Crippen molar-refractivity contribution >= 4 is 44.1 Å². The van der Waals surface area contributed by atoms with E-state index in [2.05, 4.69) is 22.2 Å².